The Morgan fingerprint density at radius 3 is 2.39 bits per heavy atom. The zero-order valence-corrected chi connectivity index (χ0v) is 19.3. The summed E-state index contributed by atoms with van der Waals surface area (Å²) >= 11 is 1.49. The van der Waals surface area contributed by atoms with Gasteiger partial charge in [-0.15, -0.1) is 0 Å². The first-order chi connectivity index (χ1) is 15.0. The van der Waals surface area contributed by atoms with E-state index in [1.165, 1.54) is 11.8 Å². The molecule has 0 aromatic heterocycles. The highest BCUT2D eigenvalue weighted by molar-refractivity contribution is 8.16. The number of hydrogen-bond acceptors (Lipinski definition) is 5. The molecule has 2 aromatic carbocycles. The quantitative estimate of drug-likeness (QED) is 0.743. The molecule has 162 valence electrons. The standard InChI is InChI=1S/C25H30N4OS/c1-4-29-12-10-25(11-13-29)27-23(20-8-6-5-7-9-20)24(28-25)31-17-22(30)26-21-15-18(2)14-19(3)16-21/h5-9,14-16H,4,10-13,17H2,1-3H3,(H,26,30). The molecule has 6 heteroatoms. The highest BCUT2D eigenvalue weighted by Crippen LogP contribution is 2.35. The summed E-state index contributed by atoms with van der Waals surface area (Å²) in [5.41, 5.74) is 4.75. The fourth-order valence-corrected chi connectivity index (χ4v) is 5.11. The second-order valence-corrected chi connectivity index (χ2v) is 9.34. The molecule has 1 fully saturated rings. The number of thioether (sulfide) groups is 1. The van der Waals surface area contributed by atoms with Crippen LogP contribution in [0.4, 0.5) is 5.69 Å². The summed E-state index contributed by atoms with van der Waals surface area (Å²) < 4.78 is 0. The van der Waals surface area contributed by atoms with Gasteiger partial charge in [-0.25, -0.2) is 4.99 Å². The van der Waals surface area contributed by atoms with Gasteiger partial charge in [-0.1, -0.05) is 55.1 Å². The summed E-state index contributed by atoms with van der Waals surface area (Å²) in [6.07, 6.45) is 1.85. The van der Waals surface area contributed by atoms with Crippen molar-refractivity contribution in [2.75, 3.05) is 30.7 Å². The fourth-order valence-electron chi connectivity index (χ4n) is 4.24. The van der Waals surface area contributed by atoms with E-state index >= 15 is 0 Å². The van der Waals surface area contributed by atoms with Crippen LogP contribution in [0.5, 0.6) is 0 Å². The molecule has 0 bridgehead atoms. The number of rotatable bonds is 5. The van der Waals surface area contributed by atoms with Crippen LogP contribution < -0.4 is 5.32 Å². The lowest BCUT2D eigenvalue weighted by Gasteiger charge is -2.34. The fraction of sp³-hybridized carbons (Fsp3) is 0.400. The van der Waals surface area contributed by atoms with Crippen LogP contribution in [-0.2, 0) is 4.79 Å². The second kappa shape index (κ2) is 9.37. The molecule has 2 heterocycles. The number of benzene rings is 2. The van der Waals surface area contributed by atoms with E-state index < -0.39 is 0 Å². The Morgan fingerprint density at radius 2 is 1.74 bits per heavy atom. The van der Waals surface area contributed by atoms with Gasteiger partial charge in [0.2, 0.25) is 5.91 Å². The second-order valence-electron chi connectivity index (χ2n) is 8.37. The molecule has 0 radical (unpaired) electrons. The van der Waals surface area contributed by atoms with Crippen molar-refractivity contribution in [3.8, 4) is 0 Å². The zero-order chi connectivity index (χ0) is 21.8. The maximum absolute atomic E-state index is 12.7. The summed E-state index contributed by atoms with van der Waals surface area (Å²) in [6, 6.07) is 16.3. The average molecular weight is 435 g/mol. The summed E-state index contributed by atoms with van der Waals surface area (Å²) in [5, 5.41) is 3.91. The Morgan fingerprint density at radius 1 is 1.06 bits per heavy atom. The van der Waals surface area contributed by atoms with Gasteiger partial charge in [0.25, 0.3) is 0 Å². The van der Waals surface area contributed by atoms with Crippen molar-refractivity contribution in [3.63, 3.8) is 0 Å². The van der Waals surface area contributed by atoms with Gasteiger partial charge < -0.3 is 10.2 Å². The van der Waals surface area contributed by atoms with Crippen LogP contribution in [0, 0.1) is 13.8 Å². The predicted molar refractivity (Wildman–Crippen MR) is 131 cm³/mol. The average Bonchev–Trinajstić information content (AvgIpc) is 3.11. The first-order valence-electron chi connectivity index (χ1n) is 11.0. The highest BCUT2D eigenvalue weighted by Gasteiger charge is 2.39. The Labute approximate surface area is 189 Å². The normalized spacial score (nSPS) is 18.0. The van der Waals surface area contributed by atoms with Gasteiger partial charge in [-0.05, 0) is 43.7 Å². The van der Waals surface area contributed by atoms with E-state index in [0.717, 1.165) is 65.6 Å². The molecule has 0 atom stereocenters. The number of piperidine rings is 1. The van der Waals surface area contributed by atoms with E-state index in [1.54, 1.807) is 0 Å². The lowest BCUT2D eigenvalue weighted by Crippen LogP contribution is -2.41. The molecule has 1 spiro atoms. The minimum absolute atomic E-state index is 0.0214. The van der Waals surface area contributed by atoms with Crippen molar-refractivity contribution in [2.24, 2.45) is 9.98 Å². The van der Waals surface area contributed by atoms with Crippen LogP contribution in [0.25, 0.3) is 0 Å². The Kier molecular flexibility index (Phi) is 6.58. The molecule has 0 saturated carbocycles. The number of likely N-dealkylation sites (tertiary alicyclic amines) is 1. The third-order valence-electron chi connectivity index (χ3n) is 5.83. The molecule has 1 N–H and O–H groups in total. The number of hydrogen-bond donors (Lipinski definition) is 1. The lowest BCUT2D eigenvalue weighted by molar-refractivity contribution is -0.113. The zero-order valence-electron chi connectivity index (χ0n) is 18.5. The number of carbonyl (C=O) groups excluding carboxylic acids is 1. The monoisotopic (exact) mass is 434 g/mol. The van der Waals surface area contributed by atoms with Crippen molar-refractivity contribution < 1.29 is 4.79 Å². The van der Waals surface area contributed by atoms with Crippen LogP contribution in [0.15, 0.2) is 58.5 Å². The van der Waals surface area contributed by atoms with Gasteiger partial charge in [0.15, 0.2) is 5.66 Å². The summed E-state index contributed by atoms with van der Waals surface area (Å²) in [7, 11) is 0. The molecule has 31 heavy (non-hydrogen) atoms. The molecule has 4 rings (SSSR count). The number of aryl methyl sites for hydroxylation is 2. The molecule has 1 amide bonds. The summed E-state index contributed by atoms with van der Waals surface area (Å²) in [6.45, 7) is 9.36. The number of anilines is 1. The minimum atomic E-state index is -0.372. The summed E-state index contributed by atoms with van der Waals surface area (Å²) in [5.74, 6) is 0.293. The van der Waals surface area contributed by atoms with E-state index in [1.807, 2.05) is 44.2 Å². The van der Waals surface area contributed by atoms with Crippen molar-refractivity contribution in [1.29, 1.82) is 0 Å². The molecule has 1 saturated heterocycles. The number of aliphatic imine (C=N–C) groups is 2. The maximum Gasteiger partial charge on any atom is 0.234 e. The maximum atomic E-state index is 12.7. The smallest absolute Gasteiger partial charge is 0.234 e. The Hall–Kier alpha value is -2.44. The van der Waals surface area contributed by atoms with E-state index in [9.17, 15) is 4.79 Å². The van der Waals surface area contributed by atoms with Gasteiger partial charge in [0.1, 0.15) is 5.04 Å². The number of amides is 1. The van der Waals surface area contributed by atoms with Gasteiger partial charge in [0, 0.05) is 37.2 Å². The molecular weight excluding hydrogens is 404 g/mol. The van der Waals surface area contributed by atoms with Crippen molar-refractivity contribution in [1.82, 2.24) is 4.90 Å². The Bertz CT molecular complexity index is 987. The molecule has 2 aliphatic heterocycles. The van der Waals surface area contributed by atoms with Gasteiger partial charge >= 0.3 is 0 Å². The molecule has 5 nitrogen and oxygen atoms in total. The largest absolute Gasteiger partial charge is 0.325 e. The van der Waals surface area contributed by atoms with E-state index in [2.05, 4.69) is 35.3 Å². The van der Waals surface area contributed by atoms with E-state index in [-0.39, 0.29) is 11.6 Å². The number of nitrogens with one attached hydrogen (secondary N) is 1. The molecular formula is C25H30N4OS. The molecule has 0 aliphatic carbocycles. The minimum Gasteiger partial charge on any atom is -0.325 e. The van der Waals surface area contributed by atoms with Gasteiger partial charge in [0.05, 0.1) is 11.5 Å². The SMILES string of the molecule is CCN1CCC2(CC1)N=C(SCC(=O)Nc1cc(C)cc(C)c1)C(c1ccccc1)=N2. The third-order valence-corrected chi connectivity index (χ3v) is 6.79. The van der Waals surface area contributed by atoms with Crippen LogP contribution in [-0.4, -0.2) is 52.6 Å². The topological polar surface area (TPSA) is 57.1 Å². The van der Waals surface area contributed by atoms with Gasteiger partial charge in [-0.3, -0.25) is 9.79 Å². The predicted octanol–water partition coefficient (Wildman–Crippen LogP) is 4.69. The molecule has 2 aliphatic rings. The summed E-state index contributed by atoms with van der Waals surface area (Å²) in [4.78, 5) is 25.3. The Balaban J connectivity index is 1.49. The van der Waals surface area contributed by atoms with Crippen molar-refractivity contribution in [3.05, 3.63) is 65.2 Å². The first kappa shape index (κ1) is 21.8. The van der Waals surface area contributed by atoms with Crippen LogP contribution in [0.2, 0.25) is 0 Å². The van der Waals surface area contributed by atoms with E-state index in [0.29, 0.717) is 5.75 Å². The van der Waals surface area contributed by atoms with Crippen LogP contribution in [0.1, 0.15) is 36.5 Å². The molecule has 0 unspecified atom stereocenters. The van der Waals surface area contributed by atoms with E-state index in [4.69, 9.17) is 9.98 Å². The van der Waals surface area contributed by atoms with Crippen molar-refractivity contribution >= 4 is 34.1 Å². The van der Waals surface area contributed by atoms with Crippen LogP contribution in [0.3, 0.4) is 0 Å². The number of carbonyl (C=O) groups is 1. The van der Waals surface area contributed by atoms with Crippen molar-refractivity contribution in [2.45, 2.75) is 39.3 Å². The first-order valence-corrected chi connectivity index (χ1v) is 11.9. The third kappa shape index (κ3) is 5.25. The highest BCUT2D eigenvalue weighted by atomic mass is 32.2. The lowest BCUT2D eigenvalue weighted by atomic mass is 9.98. The van der Waals surface area contributed by atoms with Crippen LogP contribution >= 0.6 is 11.8 Å². The van der Waals surface area contributed by atoms with Gasteiger partial charge in [-0.2, -0.15) is 0 Å². The molecule has 2 aromatic rings. The number of nitrogens with zero attached hydrogens (tertiary/aromatic N) is 3.